The lowest BCUT2D eigenvalue weighted by molar-refractivity contribution is 0.0935. The van der Waals surface area contributed by atoms with Gasteiger partial charge in [-0.3, -0.25) is 13.9 Å². The maximum Gasteiger partial charge on any atom is 0.332 e. The molecule has 0 radical (unpaired) electrons. The topological polar surface area (TPSA) is 124 Å². The van der Waals surface area contributed by atoms with Crippen LogP contribution < -0.4 is 21.3 Å². The summed E-state index contributed by atoms with van der Waals surface area (Å²) in [6.07, 6.45) is -0.941. The van der Waals surface area contributed by atoms with E-state index < -0.39 is 17.4 Å². The van der Waals surface area contributed by atoms with Crippen LogP contribution in [0.1, 0.15) is 5.56 Å². The maximum atomic E-state index is 12.7. The summed E-state index contributed by atoms with van der Waals surface area (Å²) >= 11 is 0. The minimum atomic E-state index is -0.941. The first-order valence-electron chi connectivity index (χ1n) is 9.22. The van der Waals surface area contributed by atoms with Gasteiger partial charge in [-0.1, -0.05) is 18.2 Å². The van der Waals surface area contributed by atoms with Gasteiger partial charge in [0, 0.05) is 20.6 Å². The number of fused-ring (bicyclic) bond motifs is 1. The fraction of sp³-hybridized carbons (Fsp3) is 0.421. The lowest BCUT2D eigenvalue weighted by atomic mass is 10.2. The molecule has 1 unspecified atom stereocenters. The summed E-state index contributed by atoms with van der Waals surface area (Å²) in [6, 6.07) is 7.47. The molecule has 0 saturated carbocycles. The highest BCUT2D eigenvalue weighted by Gasteiger charge is 2.21. The summed E-state index contributed by atoms with van der Waals surface area (Å²) in [5.74, 6) is 0.946. The zero-order chi connectivity index (χ0) is 21.1. The number of benzene rings is 1. The molecule has 3 aromatic rings. The van der Waals surface area contributed by atoms with Crippen molar-refractivity contribution >= 4 is 17.1 Å². The van der Waals surface area contributed by atoms with Gasteiger partial charge >= 0.3 is 5.69 Å². The van der Waals surface area contributed by atoms with Gasteiger partial charge < -0.3 is 24.8 Å². The fourth-order valence-electron chi connectivity index (χ4n) is 3.09. The van der Waals surface area contributed by atoms with E-state index in [4.69, 9.17) is 9.84 Å². The second-order valence-electron chi connectivity index (χ2n) is 6.80. The third-order valence-corrected chi connectivity index (χ3v) is 4.66. The molecule has 2 aromatic heterocycles. The Labute approximate surface area is 166 Å². The molecule has 0 fully saturated rings. The number of aliphatic hydroxyl groups is 2. The summed E-state index contributed by atoms with van der Waals surface area (Å²) < 4.78 is 9.47. The van der Waals surface area contributed by atoms with Crippen molar-refractivity contribution in [3.8, 4) is 5.75 Å². The quantitative estimate of drug-likeness (QED) is 0.467. The molecule has 0 amide bonds. The van der Waals surface area contributed by atoms with E-state index in [1.807, 2.05) is 31.2 Å². The zero-order valence-corrected chi connectivity index (χ0v) is 16.6. The van der Waals surface area contributed by atoms with Crippen molar-refractivity contribution in [1.82, 2.24) is 18.7 Å². The van der Waals surface area contributed by atoms with Crippen molar-refractivity contribution in [2.45, 2.75) is 19.6 Å². The van der Waals surface area contributed by atoms with Gasteiger partial charge in [0.25, 0.3) is 5.56 Å². The second kappa shape index (κ2) is 8.50. The molecule has 156 valence electrons. The Kier molecular flexibility index (Phi) is 6.04. The number of rotatable bonds is 8. The van der Waals surface area contributed by atoms with E-state index in [0.717, 1.165) is 10.1 Å². The van der Waals surface area contributed by atoms with Gasteiger partial charge in [-0.05, 0) is 18.6 Å². The average molecular weight is 403 g/mol. The van der Waals surface area contributed by atoms with E-state index in [0.29, 0.717) is 5.75 Å². The highest BCUT2D eigenvalue weighted by molar-refractivity contribution is 5.74. The van der Waals surface area contributed by atoms with Crippen LogP contribution in [0, 0.1) is 6.92 Å². The third-order valence-electron chi connectivity index (χ3n) is 4.66. The van der Waals surface area contributed by atoms with Gasteiger partial charge in [-0.2, -0.15) is 4.98 Å². The molecule has 2 heterocycles. The Bertz CT molecular complexity index is 1130. The smallest absolute Gasteiger partial charge is 0.332 e. The van der Waals surface area contributed by atoms with Gasteiger partial charge in [0.1, 0.15) is 18.5 Å². The largest absolute Gasteiger partial charge is 0.491 e. The standard InChI is InChI=1S/C19H25N5O5/c1-12-6-4-5-7-14(12)29-11-13(26)10-24-15-16(21-18(24)20-8-9-25)22(2)19(28)23(3)17(15)27/h4-7,13,25-26H,8-11H2,1-3H3,(H,20,21). The predicted molar refractivity (Wildman–Crippen MR) is 108 cm³/mol. The molecule has 3 rings (SSSR count). The van der Waals surface area contributed by atoms with E-state index in [9.17, 15) is 14.7 Å². The first-order valence-corrected chi connectivity index (χ1v) is 9.22. The van der Waals surface area contributed by atoms with E-state index in [1.165, 1.54) is 23.2 Å². The summed E-state index contributed by atoms with van der Waals surface area (Å²) in [7, 11) is 2.91. The highest BCUT2D eigenvalue weighted by atomic mass is 16.5. The molecular formula is C19H25N5O5. The molecule has 1 aromatic carbocycles. The number of nitrogens with one attached hydrogen (secondary N) is 1. The molecule has 0 aliphatic carbocycles. The van der Waals surface area contributed by atoms with Crippen molar-refractivity contribution in [1.29, 1.82) is 0 Å². The number of aliphatic hydroxyl groups excluding tert-OH is 2. The van der Waals surface area contributed by atoms with E-state index in [-0.39, 0.29) is 43.4 Å². The molecule has 1 atom stereocenters. The lowest BCUT2D eigenvalue weighted by Gasteiger charge is -2.16. The maximum absolute atomic E-state index is 12.7. The highest BCUT2D eigenvalue weighted by Crippen LogP contribution is 2.18. The summed E-state index contributed by atoms with van der Waals surface area (Å²) in [5.41, 5.74) is 0.321. The molecule has 0 saturated heterocycles. The van der Waals surface area contributed by atoms with Crippen LogP contribution in [-0.2, 0) is 20.6 Å². The molecule has 10 heteroatoms. The Morgan fingerprint density at radius 3 is 2.62 bits per heavy atom. The summed E-state index contributed by atoms with van der Waals surface area (Å²) in [6.45, 7) is 2.00. The Balaban J connectivity index is 1.95. The number of hydrogen-bond donors (Lipinski definition) is 3. The SMILES string of the molecule is Cc1ccccc1OCC(O)Cn1c(NCCO)nc2c1c(=O)n(C)c(=O)n2C. The second-order valence-corrected chi connectivity index (χ2v) is 6.80. The van der Waals surface area contributed by atoms with Crippen LogP contribution in [0.2, 0.25) is 0 Å². The number of nitrogens with zero attached hydrogens (tertiary/aromatic N) is 4. The number of aryl methyl sites for hydroxylation is 2. The van der Waals surface area contributed by atoms with Crippen LogP contribution >= 0.6 is 0 Å². The van der Waals surface area contributed by atoms with Crippen LogP contribution in [0.15, 0.2) is 33.9 Å². The zero-order valence-electron chi connectivity index (χ0n) is 16.6. The van der Waals surface area contributed by atoms with Crippen molar-refractivity contribution in [2.24, 2.45) is 14.1 Å². The normalized spacial score (nSPS) is 12.3. The fourth-order valence-corrected chi connectivity index (χ4v) is 3.09. The van der Waals surface area contributed by atoms with Crippen molar-refractivity contribution in [3.05, 3.63) is 50.7 Å². The monoisotopic (exact) mass is 403 g/mol. The molecule has 0 bridgehead atoms. The number of para-hydroxylation sites is 1. The first kappa shape index (κ1) is 20.6. The number of ether oxygens (including phenoxy) is 1. The number of imidazole rings is 1. The van der Waals surface area contributed by atoms with E-state index in [1.54, 1.807) is 0 Å². The molecule has 0 spiro atoms. The van der Waals surface area contributed by atoms with E-state index >= 15 is 0 Å². The van der Waals surface area contributed by atoms with Gasteiger partial charge in [-0.25, -0.2) is 4.79 Å². The van der Waals surface area contributed by atoms with Crippen LogP contribution in [0.5, 0.6) is 5.75 Å². The van der Waals surface area contributed by atoms with Crippen molar-refractivity contribution in [3.63, 3.8) is 0 Å². The first-order chi connectivity index (χ1) is 13.8. The Hall–Kier alpha value is -3.11. The molecule has 10 nitrogen and oxygen atoms in total. The lowest BCUT2D eigenvalue weighted by Crippen LogP contribution is -2.38. The summed E-state index contributed by atoms with van der Waals surface area (Å²) in [5, 5.41) is 22.6. The van der Waals surface area contributed by atoms with Gasteiger partial charge in [0.2, 0.25) is 5.95 Å². The molecule has 3 N–H and O–H groups in total. The average Bonchev–Trinajstić information content (AvgIpc) is 3.06. The van der Waals surface area contributed by atoms with Gasteiger partial charge in [0.05, 0.1) is 13.2 Å². The van der Waals surface area contributed by atoms with Gasteiger partial charge in [0.15, 0.2) is 11.2 Å². The minimum absolute atomic E-state index is 0.00997. The number of aromatic nitrogens is 4. The van der Waals surface area contributed by atoms with Crippen LogP contribution in [0.3, 0.4) is 0 Å². The third kappa shape index (κ3) is 4.03. The predicted octanol–water partition coefficient (Wildman–Crippen LogP) is -0.414. The minimum Gasteiger partial charge on any atom is -0.491 e. The van der Waals surface area contributed by atoms with Crippen LogP contribution in [-0.4, -0.2) is 54.8 Å². The number of hydrogen-bond acceptors (Lipinski definition) is 7. The van der Waals surface area contributed by atoms with Crippen molar-refractivity contribution in [2.75, 3.05) is 25.1 Å². The Morgan fingerprint density at radius 1 is 1.21 bits per heavy atom. The Morgan fingerprint density at radius 2 is 1.93 bits per heavy atom. The van der Waals surface area contributed by atoms with Crippen molar-refractivity contribution < 1.29 is 14.9 Å². The number of anilines is 1. The van der Waals surface area contributed by atoms with E-state index in [2.05, 4.69) is 10.3 Å². The summed E-state index contributed by atoms with van der Waals surface area (Å²) in [4.78, 5) is 29.2. The van der Waals surface area contributed by atoms with Crippen LogP contribution in [0.4, 0.5) is 5.95 Å². The molecule has 29 heavy (non-hydrogen) atoms. The molecule has 0 aliphatic heterocycles. The molecule has 0 aliphatic rings. The van der Waals surface area contributed by atoms with Crippen LogP contribution in [0.25, 0.3) is 11.2 Å². The molecular weight excluding hydrogens is 378 g/mol. The van der Waals surface area contributed by atoms with Gasteiger partial charge in [-0.15, -0.1) is 0 Å².